The van der Waals surface area contributed by atoms with Crippen molar-refractivity contribution in [2.45, 2.75) is 25.5 Å². The minimum atomic E-state index is -1.22. The zero-order chi connectivity index (χ0) is 15.3. The predicted molar refractivity (Wildman–Crippen MR) is 79.6 cm³/mol. The second-order valence-electron chi connectivity index (χ2n) is 4.61. The van der Waals surface area contributed by atoms with Gasteiger partial charge in [0.05, 0.1) is 0 Å². The summed E-state index contributed by atoms with van der Waals surface area (Å²) in [4.78, 5) is 22.9. The number of halogens is 1. The number of nitrogens with one attached hydrogen (secondary N) is 1. The van der Waals surface area contributed by atoms with Crippen molar-refractivity contribution >= 4 is 36.1 Å². The van der Waals surface area contributed by atoms with Crippen LogP contribution >= 0.6 is 24.2 Å². The minimum Gasteiger partial charge on any atom is -0.480 e. The zero-order valence-electron chi connectivity index (χ0n) is 11.1. The smallest absolute Gasteiger partial charge is 0.327 e. The number of thiol groups is 1. The van der Waals surface area contributed by atoms with Gasteiger partial charge in [-0.15, -0.1) is 0 Å². The highest BCUT2D eigenvalue weighted by atomic mass is 35.5. The van der Waals surface area contributed by atoms with Crippen LogP contribution in [0.3, 0.4) is 0 Å². The third-order valence-electron chi connectivity index (χ3n) is 2.52. The standard InChI is InChI=1S/C13H16ClNO4S/c1-13(2,12(18)15-10(7-20)11(16)17)19-9-5-3-8(14)4-6-9/h3-6,10,20H,7H2,1-2H3,(H,15,18)(H,16,17)/t10-/m0/s1. The molecule has 5 nitrogen and oxygen atoms in total. The van der Waals surface area contributed by atoms with Crippen molar-refractivity contribution in [1.82, 2.24) is 5.32 Å². The first-order valence-corrected chi connectivity index (χ1v) is 6.86. The van der Waals surface area contributed by atoms with Gasteiger partial charge in [-0.25, -0.2) is 4.79 Å². The van der Waals surface area contributed by atoms with Crippen LogP contribution < -0.4 is 10.1 Å². The lowest BCUT2D eigenvalue weighted by Crippen LogP contribution is -2.52. The average molecular weight is 318 g/mol. The van der Waals surface area contributed by atoms with Gasteiger partial charge in [-0.1, -0.05) is 11.6 Å². The summed E-state index contributed by atoms with van der Waals surface area (Å²) in [6.45, 7) is 3.10. The Balaban J connectivity index is 2.74. The van der Waals surface area contributed by atoms with Crippen LogP contribution in [0.5, 0.6) is 5.75 Å². The Bertz CT molecular complexity index is 490. The van der Waals surface area contributed by atoms with Crippen LogP contribution in [0.4, 0.5) is 0 Å². The first-order chi connectivity index (χ1) is 9.26. The number of carboxylic acids is 1. The first-order valence-electron chi connectivity index (χ1n) is 5.85. The SMILES string of the molecule is CC(C)(Oc1ccc(Cl)cc1)C(=O)N[C@@H](CS)C(=O)O. The van der Waals surface area contributed by atoms with Crippen molar-refractivity contribution in [2.24, 2.45) is 0 Å². The molecule has 1 atom stereocenters. The molecule has 0 bridgehead atoms. The Kier molecular flexibility index (Phi) is 5.71. The van der Waals surface area contributed by atoms with Crippen molar-refractivity contribution in [2.75, 3.05) is 5.75 Å². The maximum Gasteiger partial charge on any atom is 0.327 e. The van der Waals surface area contributed by atoms with Crippen molar-refractivity contribution in [1.29, 1.82) is 0 Å². The maximum absolute atomic E-state index is 12.1. The van der Waals surface area contributed by atoms with Crippen molar-refractivity contribution in [3.05, 3.63) is 29.3 Å². The molecule has 0 radical (unpaired) electrons. The second kappa shape index (κ2) is 6.85. The van der Waals surface area contributed by atoms with E-state index in [4.69, 9.17) is 21.4 Å². The topological polar surface area (TPSA) is 75.6 Å². The second-order valence-corrected chi connectivity index (χ2v) is 5.41. The number of hydrogen-bond acceptors (Lipinski definition) is 4. The van der Waals surface area contributed by atoms with E-state index in [-0.39, 0.29) is 5.75 Å². The van der Waals surface area contributed by atoms with E-state index in [0.29, 0.717) is 10.8 Å². The van der Waals surface area contributed by atoms with E-state index in [2.05, 4.69) is 17.9 Å². The van der Waals surface area contributed by atoms with E-state index in [9.17, 15) is 9.59 Å². The van der Waals surface area contributed by atoms with Crippen LogP contribution in [-0.4, -0.2) is 34.4 Å². The number of carbonyl (C=O) groups is 2. The van der Waals surface area contributed by atoms with E-state index in [1.807, 2.05) is 0 Å². The summed E-state index contributed by atoms with van der Waals surface area (Å²) in [5.74, 6) is -1.21. The molecule has 0 aromatic heterocycles. The lowest BCUT2D eigenvalue weighted by atomic mass is 10.1. The monoisotopic (exact) mass is 317 g/mol. The Morgan fingerprint density at radius 1 is 1.40 bits per heavy atom. The van der Waals surface area contributed by atoms with Gasteiger partial charge < -0.3 is 15.2 Å². The summed E-state index contributed by atoms with van der Waals surface area (Å²) in [6, 6.07) is 5.48. The molecule has 0 unspecified atom stereocenters. The van der Waals surface area contributed by atoms with Crippen LogP contribution in [0.2, 0.25) is 5.02 Å². The minimum absolute atomic E-state index is 0.00189. The van der Waals surface area contributed by atoms with Crippen LogP contribution in [0.25, 0.3) is 0 Å². The molecule has 20 heavy (non-hydrogen) atoms. The molecule has 1 rings (SSSR count). The van der Waals surface area contributed by atoms with E-state index < -0.39 is 23.5 Å². The molecule has 0 fully saturated rings. The molecule has 0 aliphatic heterocycles. The fourth-order valence-corrected chi connectivity index (χ4v) is 1.73. The van der Waals surface area contributed by atoms with Crippen molar-refractivity contribution < 1.29 is 19.4 Å². The molecule has 0 aliphatic rings. The number of hydrogen-bond donors (Lipinski definition) is 3. The Hall–Kier alpha value is -1.40. The molecule has 0 heterocycles. The van der Waals surface area contributed by atoms with Crippen LogP contribution in [-0.2, 0) is 9.59 Å². The third kappa shape index (κ3) is 4.61. The largest absolute Gasteiger partial charge is 0.480 e. The molecule has 0 spiro atoms. The molecule has 7 heteroatoms. The Morgan fingerprint density at radius 3 is 2.40 bits per heavy atom. The van der Waals surface area contributed by atoms with E-state index in [1.165, 1.54) is 0 Å². The maximum atomic E-state index is 12.1. The quantitative estimate of drug-likeness (QED) is 0.701. The Morgan fingerprint density at radius 2 is 1.95 bits per heavy atom. The van der Waals surface area contributed by atoms with Gasteiger partial charge in [0, 0.05) is 10.8 Å². The highest BCUT2D eigenvalue weighted by Gasteiger charge is 2.32. The van der Waals surface area contributed by atoms with Crippen LogP contribution in [0.15, 0.2) is 24.3 Å². The van der Waals surface area contributed by atoms with Gasteiger partial charge in [0.25, 0.3) is 5.91 Å². The lowest BCUT2D eigenvalue weighted by Gasteiger charge is -2.26. The summed E-state index contributed by atoms with van der Waals surface area (Å²) in [6.07, 6.45) is 0. The number of amides is 1. The van der Waals surface area contributed by atoms with Crippen LogP contribution in [0, 0.1) is 0 Å². The van der Waals surface area contributed by atoms with Crippen molar-refractivity contribution in [3.63, 3.8) is 0 Å². The van der Waals surface area contributed by atoms with Gasteiger partial charge in [-0.05, 0) is 38.1 Å². The molecule has 1 amide bonds. The molecule has 1 aromatic rings. The molecular weight excluding hydrogens is 302 g/mol. The van der Waals surface area contributed by atoms with E-state index in [0.717, 1.165) is 0 Å². The van der Waals surface area contributed by atoms with Gasteiger partial charge in [0.1, 0.15) is 11.8 Å². The first kappa shape index (κ1) is 16.7. The molecule has 0 saturated carbocycles. The number of benzene rings is 1. The van der Waals surface area contributed by atoms with Gasteiger partial charge >= 0.3 is 5.97 Å². The number of aliphatic carboxylic acids is 1. The summed E-state index contributed by atoms with van der Waals surface area (Å²) in [5.41, 5.74) is -1.22. The fraction of sp³-hybridized carbons (Fsp3) is 0.385. The summed E-state index contributed by atoms with van der Waals surface area (Å²) >= 11 is 9.64. The van der Waals surface area contributed by atoms with E-state index in [1.54, 1.807) is 38.1 Å². The molecule has 2 N–H and O–H groups in total. The normalized spacial score (nSPS) is 12.6. The molecule has 0 aliphatic carbocycles. The van der Waals surface area contributed by atoms with Gasteiger partial charge in [-0.3, -0.25) is 4.79 Å². The number of rotatable bonds is 6. The molecule has 1 aromatic carbocycles. The predicted octanol–water partition coefficient (Wildman–Crippen LogP) is 2.00. The van der Waals surface area contributed by atoms with Crippen LogP contribution in [0.1, 0.15) is 13.8 Å². The van der Waals surface area contributed by atoms with Gasteiger partial charge in [-0.2, -0.15) is 12.6 Å². The summed E-state index contributed by atoms with van der Waals surface area (Å²) in [7, 11) is 0. The summed E-state index contributed by atoms with van der Waals surface area (Å²) in [5, 5.41) is 11.8. The molecule has 0 saturated heterocycles. The average Bonchev–Trinajstić information content (AvgIpc) is 2.37. The zero-order valence-corrected chi connectivity index (χ0v) is 12.7. The highest BCUT2D eigenvalue weighted by molar-refractivity contribution is 7.80. The number of carboxylic acid groups (broad SMARTS) is 1. The van der Waals surface area contributed by atoms with Gasteiger partial charge in [0.2, 0.25) is 0 Å². The van der Waals surface area contributed by atoms with Gasteiger partial charge in [0.15, 0.2) is 5.60 Å². The number of ether oxygens (including phenoxy) is 1. The Labute approximate surface area is 127 Å². The fourth-order valence-electron chi connectivity index (χ4n) is 1.36. The lowest BCUT2D eigenvalue weighted by molar-refractivity contribution is -0.144. The third-order valence-corrected chi connectivity index (χ3v) is 3.14. The molecule has 110 valence electrons. The number of carbonyl (C=O) groups excluding carboxylic acids is 1. The molecular formula is C13H16ClNO4S. The van der Waals surface area contributed by atoms with Crippen molar-refractivity contribution in [3.8, 4) is 5.75 Å². The van der Waals surface area contributed by atoms with E-state index >= 15 is 0 Å². The summed E-state index contributed by atoms with van der Waals surface area (Å²) < 4.78 is 5.56. The highest BCUT2D eigenvalue weighted by Crippen LogP contribution is 2.21.